The van der Waals surface area contributed by atoms with Crippen LogP contribution in [0.15, 0.2) is 29.8 Å². The molecule has 0 aliphatic rings. The molecule has 0 N–H and O–H groups in total. The molecule has 0 heterocycles. The van der Waals surface area contributed by atoms with Crippen LogP contribution in [0.3, 0.4) is 0 Å². The molecular weight excluding hydrogens is 374 g/mol. The van der Waals surface area contributed by atoms with Crippen LogP contribution in [0, 0.1) is 0 Å². The Bertz CT molecular complexity index is 750. The predicted molar refractivity (Wildman–Crippen MR) is 79.9 cm³/mol. The van der Waals surface area contributed by atoms with Gasteiger partial charge in [-0.1, -0.05) is 45.0 Å². The minimum Gasteiger partial charge on any atom is -0.375 e. The van der Waals surface area contributed by atoms with Crippen LogP contribution in [0.4, 0.5) is 26.3 Å². The second-order valence-electron chi connectivity index (χ2n) is 6.26. The molecule has 0 spiro atoms. The molecule has 0 fully saturated rings. The second kappa shape index (κ2) is 6.54. The van der Waals surface area contributed by atoms with E-state index in [1.165, 1.54) is 12.1 Å². The first-order chi connectivity index (χ1) is 11.0. The van der Waals surface area contributed by atoms with Gasteiger partial charge in [0.1, 0.15) is 0 Å². The zero-order valence-electron chi connectivity index (χ0n) is 13.7. The monoisotopic (exact) mass is 390 g/mol. The smallest absolute Gasteiger partial charge is 0.375 e. The molecule has 1 aromatic rings. The van der Waals surface area contributed by atoms with Gasteiger partial charge in [0, 0.05) is 5.56 Å². The van der Waals surface area contributed by atoms with Crippen LogP contribution in [0.5, 0.6) is 0 Å². The Balaban J connectivity index is 3.51. The molecule has 3 nitrogen and oxygen atoms in total. The summed E-state index contributed by atoms with van der Waals surface area (Å²) in [6.07, 6.45) is -5.07. The van der Waals surface area contributed by atoms with Crippen LogP contribution < -0.4 is 0 Å². The molecule has 0 unspecified atom stereocenters. The Morgan fingerprint density at radius 3 is 1.68 bits per heavy atom. The van der Waals surface area contributed by atoms with Gasteiger partial charge >= 0.3 is 21.8 Å². The van der Waals surface area contributed by atoms with E-state index in [9.17, 15) is 34.8 Å². The molecule has 1 rings (SSSR count). The first-order valence-electron chi connectivity index (χ1n) is 6.86. The van der Waals surface area contributed by atoms with Crippen LogP contribution in [-0.2, 0) is 19.7 Å². The molecule has 142 valence electrons. The van der Waals surface area contributed by atoms with Crippen LogP contribution in [0.1, 0.15) is 38.8 Å². The van der Waals surface area contributed by atoms with Crippen molar-refractivity contribution in [1.29, 1.82) is 0 Å². The quantitative estimate of drug-likeness (QED) is 0.311. The van der Waals surface area contributed by atoms with E-state index in [1.54, 1.807) is 0 Å². The highest BCUT2D eigenvalue weighted by molar-refractivity contribution is 7.87. The molecular formula is C15H16F6O3S. The van der Waals surface area contributed by atoms with Crippen molar-refractivity contribution in [3.63, 3.8) is 0 Å². The van der Waals surface area contributed by atoms with Gasteiger partial charge in [-0.25, -0.2) is 0 Å². The Kier molecular flexibility index (Phi) is 5.58. The topological polar surface area (TPSA) is 43.4 Å². The van der Waals surface area contributed by atoms with E-state index < -0.39 is 38.7 Å². The number of hydrogen-bond donors (Lipinski definition) is 0. The first-order valence-corrected chi connectivity index (χ1v) is 8.27. The molecule has 25 heavy (non-hydrogen) atoms. The highest BCUT2D eigenvalue weighted by Gasteiger charge is 2.50. The molecule has 0 saturated carbocycles. The van der Waals surface area contributed by atoms with Gasteiger partial charge in [-0.15, -0.1) is 0 Å². The number of halogens is 6. The van der Waals surface area contributed by atoms with Crippen LogP contribution in [0.2, 0.25) is 0 Å². The third-order valence-electron chi connectivity index (χ3n) is 3.26. The average molecular weight is 390 g/mol. The summed E-state index contributed by atoms with van der Waals surface area (Å²) in [5.41, 5.74) is -7.55. The van der Waals surface area contributed by atoms with Crippen LogP contribution in [-0.4, -0.2) is 20.1 Å². The minimum atomic E-state index is -6.25. The van der Waals surface area contributed by atoms with Crippen molar-refractivity contribution in [2.24, 2.45) is 0 Å². The number of rotatable bonds is 3. The van der Waals surface area contributed by atoms with E-state index in [4.69, 9.17) is 0 Å². The van der Waals surface area contributed by atoms with Gasteiger partial charge in [-0.2, -0.15) is 34.8 Å². The van der Waals surface area contributed by atoms with Crippen molar-refractivity contribution >= 4 is 15.9 Å². The molecule has 0 aliphatic heterocycles. The zero-order valence-corrected chi connectivity index (χ0v) is 14.5. The van der Waals surface area contributed by atoms with Gasteiger partial charge in [-0.3, -0.25) is 0 Å². The third kappa shape index (κ3) is 5.13. The Morgan fingerprint density at radius 2 is 1.36 bits per heavy atom. The Labute approximate surface area is 141 Å². The lowest BCUT2D eigenvalue weighted by atomic mass is 9.86. The second-order valence-corrected chi connectivity index (χ2v) is 7.80. The predicted octanol–water partition coefficient (Wildman–Crippen LogP) is 5.14. The number of alkyl halides is 6. The molecule has 1 aromatic carbocycles. The van der Waals surface area contributed by atoms with E-state index in [0.717, 1.165) is 12.1 Å². The van der Waals surface area contributed by atoms with E-state index in [2.05, 4.69) is 4.18 Å². The fraction of sp³-hybridized carbons (Fsp3) is 0.467. The van der Waals surface area contributed by atoms with Gasteiger partial charge in [0.15, 0.2) is 5.76 Å². The normalized spacial score (nSPS) is 15.0. The number of benzene rings is 1. The Morgan fingerprint density at radius 1 is 0.920 bits per heavy atom. The molecule has 0 saturated heterocycles. The maximum atomic E-state index is 12.9. The summed E-state index contributed by atoms with van der Waals surface area (Å²) in [6.45, 7) is 5.91. The van der Waals surface area contributed by atoms with Gasteiger partial charge in [0.25, 0.3) is 0 Å². The van der Waals surface area contributed by atoms with Gasteiger partial charge in [-0.05, 0) is 17.9 Å². The van der Waals surface area contributed by atoms with Crippen molar-refractivity contribution < 1.29 is 38.9 Å². The SMILES string of the molecule is C/C(=C(\OS(=O)(=O)C(F)(F)F)c1ccc(C(C)(C)C)cc1)C(F)(F)F. The van der Waals surface area contributed by atoms with Crippen molar-refractivity contribution in [2.45, 2.75) is 44.8 Å². The fourth-order valence-electron chi connectivity index (χ4n) is 1.73. The highest BCUT2D eigenvalue weighted by atomic mass is 32.2. The van der Waals surface area contributed by atoms with E-state index in [-0.39, 0.29) is 5.41 Å². The summed E-state index contributed by atoms with van der Waals surface area (Å²) in [5, 5.41) is 0. The fourth-order valence-corrected chi connectivity index (χ4v) is 2.27. The molecule has 0 atom stereocenters. The molecule has 0 bridgehead atoms. The summed E-state index contributed by atoms with van der Waals surface area (Å²) in [6, 6.07) is 4.94. The summed E-state index contributed by atoms with van der Waals surface area (Å²) in [5.74, 6) is -1.41. The van der Waals surface area contributed by atoms with Crippen molar-refractivity contribution in [3.05, 3.63) is 41.0 Å². The molecule has 0 aromatic heterocycles. The van der Waals surface area contributed by atoms with Crippen LogP contribution >= 0.6 is 0 Å². The van der Waals surface area contributed by atoms with Crippen molar-refractivity contribution in [2.75, 3.05) is 0 Å². The summed E-state index contributed by atoms with van der Waals surface area (Å²) < 4.78 is 102. The molecule has 0 aliphatic carbocycles. The van der Waals surface area contributed by atoms with E-state index in [0.29, 0.717) is 12.5 Å². The van der Waals surface area contributed by atoms with Crippen LogP contribution in [0.25, 0.3) is 5.76 Å². The average Bonchev–Trinajstić information content (AvgIpc) is 2.41. The van der Waals surface area contributed by atoms with Crippen molar-refractivity contribution in [1.82, 2.24) is 0 Å². The number of allylic oxidation sites excluding steroid dienone is 1. The Hall–Kier alpha value is -1.71. The van der Waals surface area contributed by atoms with Gasteiger partial charge in [0.2, 0.25) is 0 Å². The summed E-state index contributed by atoms with van der Waals surface area (Å²) >= 11 is 0. The highest BCUT2D eigenvalue weighted by Crippen LogP contribution is 2.37. The lowest BCUT2D eigenvalue weighted by molar-refractivity contribution is -0.0919. The van der Waals surface area contributed by atoms with Gasteiger partial charge in [0.05, 0.1) is 5.57 Å². The third-order valence-corrected chi connectivity index (χ3v) is 4.21. The maximum absolute atomic E-state index is 12.9. The largest absolute Gasteiger partial charge is 0.534 e. The van der Waals surface area contributed by atoms with E-state index in [1.807, 2.05) is 20.8 Å². The minimum absolute atomic E-state index is 0.361. The molecule has 0 amide bonds. The molecule has 10 heteroatoms. The lowest BCUT2D eigenvalue weighted by Gasteiger charge is -2.20. The first kappa shape index (κ1) is 21.3. The standard InChI is InChI=1S/C15H16F6O3S/c1-9(14(16,17)18)12(24-25(22,23)15(19,20)21)10-5-7-11(8-6-10)13(2,3)4/h5-8H,1-4H3/b12-9+. The molecule has 0 radical (unpaired) electrons. The van der Waals surface area contributed by atoms with E-state index >= 15 is 0 Å². The lowest BCUT2D eigenvalue weighted by Crippen LogP contribution is -2.26. The zero-order chi connectivity index (χ0) is 19.8. The van der Waals surface area contributed by atoms with Crippen molar-refractivity contribution in [3.8, 4) is 0 Å². The maximum Gasteiger partial charge on any atom is 0.534 e. The summed E-state index contributed by atoms with van der Waals surface area (Å²) in [4.78, 5) is 0. The summed E-state index contributed by atoms with van der Waals surface area (Å²) in [7, 11) is -6.25. The number of hydrogen-bond acceptors (Lipinski definition) is 3. The van der Waals surface area contributed by atoms with Gasteiger partial charge < -0.3 is 4.18 Å².